The van der Waals surface area contributed by atoms with Crippen LogP contribution in [0.25, 0.3) is 10.2 Å². The minimum Gasteiger partial charge on any atom is -0.279 e. The number of benzene rings is 2. The van der Waals surface area contributed by atoms with E-state index in [1.807, 2.05) is 18.2 Å². The van der Waals surface area contributed by atoms with Gasteiger partial charge in [-0.1, -0.05) is 47.2 Å². The van der Waals surface area contributed by atoms with Gasteiger partial charge < -0.3 is 0 Å². The van der Waals surface area contributed by atoms with E-state index in [0.29, 0.717) is 21.2 Å². The monoisotopic (exact) mass is 538 g/mol. The number of aromatic nitrogens is 2. The summed E-state index contributed by atoms with van der Waals surface area (Å²) in [7, 11) is -3.78. The van der Waals surface area contributed by atoms with Gasteiger partial charge in [-0.25, -0.2) is 13.4 Å². The number of sulfonamides is 1. The maximum Gasteiger partial charge on any atom is 0.260 e. The minimum atomic E-state index is -3.78. The number of pyridine rings is 1. The van der Waals surface area contributed by atoms with Gasteiger partial charge in [0.05, 0.1) is 21.2 Å². The number of halogens is 1. The van der Waals surface area contributed by atoms with Gasteiger partial charge in [0.1, 0.15) is 5.52 Å². The van der Waals surface area contributed by atoms with E-state index in [2.05, 4.69) is 23.1 Å². The first-order valence-electron chi connectivity index (χ1n) is 10.9. The Kier molecular flexibility index (Phi) is 7.95. The fraction of sp³-hybridized carbons (Fsp3) is 0.115. The summed E-state index contributed by atoms with van der Waals surface area (Å²) in [5.74, 6) is -0.327. The zero-order chi connectivity index (χ0) is 25.7. The average Bonchev–Trinajstić information content (AvgIpc) is 3.33. The lowest BCUT2D eigenvalue weighted by Gasteiger charge is -2.21. The van der Waals surface area contributed by atoms with Crippen molar-refractivity contribution < 1.29 is 13.2 Å². The van der Waals surface area contributed by atoms with E-state index in [9.17, 15) is 13.2 Å². The summed E-state index contributed by atoms with van der Waals surface area (Å²) in [5, 5.41) is 0.980. The smallest absolute Gasteiger partial charge is 0.260 e. The van der Waals surface area contributed by atoms with Crippen molar-refractivity contribution in [1.29, 1.82) is 0 Å². The van der Waals surface area contributed by atoms with Crippen molar-refractivity contribution in [2.75, 3.05) is 18.0 Å². The summed E-state index contributed by atoms with van der Waals surface area (Å²) in [4.78, 5) is 24.1. The van der Waals surface area contributed by atoms with Crippen LogP contribution in [0.4, 0.5) is 5.13 Å². The molecule has 7 nitrogen and oxygen atoms in total. The molecule has 4 rings (SSSR count). The van der Waals surface area contributed by atoms with Crippen LogP contribution in [0.1, 0.15) is 15.9 Å². The molecule has 0 spiro atoms. The van der Waals surface area contributed by atoms with Gasteiger partial charge in [0.15, 0.2) is 5.13 Å². The number of rotatable bonds is 10. The van der Waals surface area contributed by atoms with Crippen LogP contribution < -0.4 is 4.90 Å². The number of carbonyl (C=O) groups is 1. The highest BCUT2D eigenvalue weighted by Gasteiger charge is 2.25. The minimum absolute atomic E-state index is 0.0772. The summed E-state index contributed by atoms with van der Waals surface area (Å²) >= 11 is 7.67. The molecule has 10 heteroatoms. The van der Waals surface area contributed by atoms with Gasteiger partial charge in [-0.15, -0.1) is 13.2 Å². The van der Waals surface area contributed by atoms with Crippen molar-refractivity contribution >= 4 is 54.2 Å². The second-order valence-corrected chi connectivity index (χ2v) is 11.1. The molecule has 0 saturated heterocycles. The highest BCUT2D eigenvalue weighted by atomic mass is 35.5. The maximum atomic E-state index is 13.7. The van der Waals surface area contributed by atoms with E-state index >= 15 is 0 Å². The van der Waals surface area contributed by atoms with Gasteiger partial charge in [-0.3, -0.25) is 14.7 Å². The van der Waals surface area contributed by atoms with E-state index in [4.69, 9.17) is 11.6 Å². The average molecular weight is 539 g/mol. The lowest BCUT2D eigenvalue weighted by atomic mass is 10.2. The Morgan fingerprint density at radius 1 is 1.03 bits per heavy atom. The zero-order valence-electron chi connectivity index (χ0n) is 19.2. The molecule has 0 radical (unpaired) electrons. The number of hydrogen-bond donors (Lipinski definition) is 0. The molecular weight excluding hydrogens is 516 g/mol. The first-order valence-corrected chi connectivity index (χ1v) is 13.6. The number of hydrogen-bond acceptors (Lipinski definition) is 6. The normalized spacial score (nSPS) is 11.5. The third-order valence-electron chi connectivity index (χ3n) is 5.30. The number of carbonyl (C=O) groups excluding carboxylic acids is 1. The lowest BCUT2D eigenvalue weighted by molar-refractivity contribution is 0.0985. The van der Waals surface area contributed by atoms with Crippen molar-refractivity contribution in [1.82, 2.24) is 14.3 Å². The quantitative estimate of drug-likeness (QED) is 0.247. The highest BCUT2D eigenvalue weighted by molar-refractivity contribution is 7.89. The van der Waals surface area contributed by atoms with Gasteiger partial charge in [-0.05, 0) is 48.0 Å². The molecule has 36 heavy (non-hydrogen) atoms. The Balaban J connectivity index is 1.69. The topological polar surface area (TPSA) is 83.5 Å². The van der Waals surface area contributed by atoms with Gasteiger partial charge >= 0.3 is 0 Å². The maximum absolute atomic E-state index is 13.7. The number of fused-ring (bicyclic) bond motifs is 1. The van der Waals surface area contributed by atoms with E-state index in [1.165, 1.54) is 52.1 Å². The predicted octanol–water partition coefficient (Wildman–Crippen LogP) is 5.55. The van der Waals surface area contributed by atoms with Crippen molar-refractivity contribution in [2.24, 2.45) is 0 Å². The van der Waals surface area contributed by atoms with Gasteiger partial charge in [0.2, 0.25) is 10.0 Å². The van der Waals surface area contributed by atoms with Crippen LogP contribution in [0.2, 0.25) is 5.02 Å². The van der Waals surface area contributed by atoms with Gasteiger partial charge in [0, 0.05) is 31.0 Å². The SMILES string of the molecule is C=CCN(CC=C)S(=O)(=O)c1ccc(C(=O)N(Cc2cccnc2)c2nc3c(Cl)cccc3s2)cc1. The van der Waals surface area contributed by atoms with E-state index < -0.39 is 10.0 Å². The van der Waals surface area contributed by atoms with Crippen LogP contribution in [-0.4, -0.2) is 41.7 Å². The molecule has 184 valence electrons. The molecule has 0 aliphatic carbocycles. The summed E-state index contributed by atoms with van der Waals surface area (Å²) in [6.45, 7) is 7.77. The molecule has 0 aliphatic heterocycles. The van der Waals surface area contributed by atoms with Crippen LogP contribution in [0.3, 0.4) is 0 Å². The van der Waals surface area contributed by atoms with Gasteiger partial charge in [0.25, 0.3) is 5.91 Å². The molecule has 0 N–H and O–H groups in total. The number of thiazole rings is 1. The Bertz CT molecular complexity index is 1490. The molecule has 0 fully saturated rings. The molecule has 0 aliphatic rings. The Morgan fingerprint density at radius 3 is 2.36 bits per heavy atom. The zero-order valence-corrected chi connectivity index (χ0v) is 21.6. The summed E-state index contributed by atoms with van der Waals surface area (Å²) in [5.41, 5.74) is 1.76. The standard InChI is InChI=1S/C26H23ClN4O3S2/c1-3-15-30(16-4-2)36(33,34)21-12-10-20(11-13-21)25(32)31(18-19-7-6-14-28-17-19)26-29-24-22(27)8-5-9-23(24)35-26/h3-14,17H,1-2,15-16,18H2. The molecule has 2 heterocycles. The first-order chi connectivity index (χ1) is 17.3. The molecular formula is C26H23ClN4O3S2. The van der Waals surface area contributed by atoms with Crippen molar-refractivity contribution in [3.63, 3.8) is 0 Å². The molecule has 4 aromatic rings. The number of nitrogens with zero attached hydrogens (tertiary/aromatic N) is 4. The Hall–Kier alpha value is -3.37. The molecule has 2 aromatic carbocycles. The van der Waals surface area contributed by atoms with Crippen molar-refractivity contribution in [3.8, 4) is 0 Å². The van der Waals surface area contributed by atoms with Crippen LogP contribution in [0.15, 0.2) is 97.2 Å². The molecule has 2 aromatic heterocycles. The van der Waals surface area contributed by atoms with Crippen LogP contribution >= 0.6 is 22.9 Å². The van der Waals surface area contributed by atoms with E-state index in [0.717, 1.165) is 10.3 Å². The molecule has 1 amide bonds. The lowest BCUT2D eigenvalue weighted by Crippen LogP contribution is -2.32. The fourth-order valence-electron chi connectivity index (χ4n) is 3.55. The molecule has 0 atom stereocenters. The highest BCUT2D eigenvalue weighted by Crippen LogP contribution is 2.34. The largest absolute Gasteiger partial charge is 0.279 e. The van der Waals surface area contributed by atoms with Gasteiger partial charge in [-0.2, -0.15) is 4.31 Å². The van der Waals surface area contributed by atoms with Crippen LogP contribution in [0, 0.1) is 0 Å². The first kappa shape index (κ1) is 25.7. The third-order valence-corrected chi connectivity index (χ3v) is 8.50. The summed E-state index contributed by atoms with van der Waals surface area (Å²) in [6.07, 6.45) is 6.37. The third kappa shape index (κ3) is 5.39. The van der Waals surface area contributed by atoms with Crippen molar-refractivity contribution in [3.05, 3.63) is 108 Å². The van der Waals surface area contributed by atoms with Crippen molar-refractivity contribution in [2.45, 2.75) is 11.4 Å². The number of anilines is 1. The molecule has 0 unspecified atom stereocenters. The Labute approximate surface area is 219 Å². The van der Waals surface area contributed by atoms with E-state index in [1.54, 1.807) is 29.4 Å². The summed E-state index contributed by atoms with van der Waals surface area (Å²) in [6, 6.07) is 15.0. The fourth-order valence-corrected chi connectivity index (χ4v) is 6.20. The summed E-state index contributed by atoms with van der Waals surface area (Å²) < 4.78 is 28.2. The molecule has 0 bridgehead atoms. The number of amides is 1. The predicted molar refractivity (Wildman–Crippen MR) is 145 cm³/mol. The second-order valence-electron chi connectivity index (χ2n) is 7.76. The Morgan fingerprint density at radius 2 is 1.75 bits per heavy atom. The van der Waals surface area contributed by atoms with Crippen LogP contribution in [-0.2, 0) is 16.6 Å². The van der Waals surface area contributed by atoms with E-state index in [-0.39, 0.29) is 30.4 Å². The second kappa shape index (κ2) is 11.1. The van der Waals surface area contributed by atoms with Crippen LogP contribution in [0.5, 0.6) is 0 Å². The molecule has 0 saturated carbocycles. The number of para-hydroxylation sites is 1.